The fraction of sp³-hybridized carbons (Fsp3) is 0.353. The number of alkyl halides is 3. The highest BCUT2D eigenvalue weighted by Crippen LogP contribution is 2.33. The van der Waals surface area contributed by atoms with Crippen molar-refractivity contribution < 1.29 is 27.4 Å². The quantitative estimate of drug-likeness (QED) is 0.795. The molecule has 0 aliphatic rings. The van der Waals surface area contributed by atoms with Crippen LogP contribution < -0.4 is 14.8 Å². The molecule has 0 saturated heterocycles. The van der Waals surface area contributed by atoms with Crippen molar-refractivity contribution in [1.29, 1.82) is 0 Å². The second-order valence-electron chi connectivity index (χ2n) is 5.23. The van der Waals surface area contributed by atoms with Crippen LogP contribution in [-0.2, 0) is 0 Å². The van der Waals surface area contributed by atoms with Gasteiger partial charge in [0.2, 0.25) is 0 Å². The Kier molecular flexibility index (Phi) is 6.45. The molecule has 0 spiro atoms. The van der Waals surface area contributed by atoms with Gasteiger partial charge in [-0.25, -0.2) is 0 Å². The van der Waals surface area contributed by atoms with Gasteiger partial charge in [-0.05, 0) is 37.1 Å². The van der Waals surface area contributed by atoms with Gasteiger partial charge < -0.3 is 14.8 Å². The zero-order valence-corrected chi connectivity index (χ0v) is 14.0. The zero-order valence-electron chi connectivity index (χ0n) is 14.0. The van der Waals surface area contributed by atoms with E-state index in [0.717, 1.165) is 11.1 Å². The number of carbonyl (C=O) groups is 1. The highest BCUT2D eigenvalue weighted by Gasteiger charge is 2.29. The van der Waals surface area contributed by atoms with E-state index in [2.05, 4.69) is 6.58 Å². The first-order valence-corrected chi connectivity index (χ1v) is 7.04. The normalized spacial score (nSPS) is 11.9. The average Bonchev–Trinajstić information content (AvgIpc) is 2.49. The minimum Gasteiger partial charge on any atom is -0.496 e. The number of ether oxygens (including phenoxy) is 2. The van der Waals surface area contributed by atoms with Crippen molar-refractivity contribution in [3.05, 3.63) is 41.5 Å². The Hall–Kier alpha value is -2.44. The molecule has 0 atom stereocenters. The van der Waals surface area contributed by atoms with Crippen molar-refractivity contribution in [2.24, 2.45) is 0 Å². The Labute approximate surface area is 139 Å². The van der Waals surface area contributed by atoms with Crippen LogP contribution in [0.2, 0.25) is 0 Å². The molecule has 7 heteroatoms. The molecule has 0 unspecified atom stereocenters. The highest BCUT2D eigenvalue weighted by molar-refractivity contribution is 6.00. The molecular formula is C17H20F3NO3. The fourth-order valence-electron chi connectivity index (χ4n) is 2.09. The first-order valence-electron chi connectivity index (χ1n) is 7.04. The summed E-state index contributed by atoms with van der Waals surface area (Å²) in [6, 6.07) is 3.14. The number of methoxy groups -OCH3 is 2. The van der Waals surface area contributed by atoms with Gasteiger partial charge in [-0.1, -0.05) is 18.2 Å². The molecule has 132 valence electrons. The third-order valence-corrected chi connectivity index (χ3v) is 3.10. The van der Waals surface area contributed by atoms with Gasteiger partial charge in [0, 0.05) is 0 Å². The molecule has 4 nitrogen and oxygen atoms in total. The van der Waals surface area contributed by atoms with Gasteiger partial charge in [0.05, 0.1) is 14.2 Å². The van der Waals surface area contributed by atoms with Gasteiger partial charge >= 0.3 is 6.18 Å². The maximum absolute atomic E-state index is 12.3. The summed E-state index contributed by atoms with van der Waals surface area (Å²) < 4.78 is 47.2. The summed E-state index contributed by atoms with van der Waals surface area (Å²) in [4.78, 5) is 12.1. The lowest BCUT2D eigenvalue weighted by molar-refractivity contribution is -0.123. The average molecular weight is 343 g/mol. The fourth-order valence-corrected chi connectivity index (χ4v) is 2.09. The molecule has 0 aromatic heterocycles. The maximum Gasteiger partial charge on any atom is 0.405 e. The summed E-state index contributed by atoms with van der Waals surface area (Å²) in [5, 5.41) is 1.82. The van der Waals surface area contributed by atoms with E-state index in [4.69, 9.17) is 9.47 Å². The third kappa shape index (κ3) is 5.33. The van der Waals surface area contributed by atoms with Crippen LogP contribution in [0.1, 0.15) is 29.8 Å². The van der Waals surface area contributed by atoms with E-state index < -0.39 is 18.6 Å². The number of benzene rings is 1. The van der Waals surface area contributed by atoms with Crippen LogP contribution in [0, 0.1) is 0 Å². The summed E-state index contributed by atoms with van der Waals surface area (Å²) in [6.45, 7) is 6.02. The lowest BCUT2D eigenvalue weighted by atomic mass is 10.0. The minimum atomic E-state index is -4.50. The maximum atomic E-state index is 12.3. The van der Waals surface area contributed by atoms with Crippen molar-refractivity contribution in [3.63, 3.8) is 0 Å². The molecule has 0 radical (unpaired) electrons. The third-order valence-electron chi connectivity index (χ3n) is 3.10. The van der Waals surface area contributed by atoms with Gasteiger partial charge in [0.25, 0.3) is 5.91 Å². The van der Waals surface area contributed by atoms with Gasteiger partial charge in [-0.3, -0.25) is 4.79 Å². The standard InChI is InChI=1S/C17H20F3NO3/c1-10(2)6-11(3)12-7-13(23-4)15(14(8-12)24-5)16(22)21-9-17(18,19)20/h6-8H,1,9H2,2-5H3,(H,21,22)/b11-6+. The molecule has 0 heterocycles. The number of carbonyl (C=O) groups excluding carboxylic acids is 1. The van der Waals surface area contributed by atoms with Crippen LogP contribution in [0.3, 0.4) is 0 Å². The molecule has 1 aromatic rings. The number of allylic oxidation sites excluding steroid dienone is 3. The Morgan fingerprint density at radius 1 is 1.21 bits per heavy atom. The van der Waals surface area contributed by atoms with Crippen LogP contribution in [0.15, 0.2) is 30.4 Å². The first kappa shape index (κ1) is 19.6. The smallest absolute Gasteiger partial charge is 0.405 e. The van der Waals surface area contributed by atoms with Crippen LogP contribution in [0.4, 0.5) is 13.2 Å². The monoisotopic (exact) mass is 343 g/mol. The topological polar surface area (TPSA) is 47.6 Å². The molecule has 0 fully saturated rings. The second kappa shape index (κ2) is 7.90. The summed E-state index contributed by atoms with van der Waals surface area (Å²) in [5.41, 5.74) is 2.30. The van der Waals surface area contributed by atoms with E-state index in [1.165, 1.54) is 14.2 Å². The number of rotatable bonds is 6. The molecule has 24 heavy (non-hydrogen) atoms. The predicted octanol–water partition coefficient (Wildman–Crippen LogP) is 3.98. The zero-order chi connectivity index (χ0) is 18.5. The van der Waals surface area contributed by atoms with E-state index in [1.54, 1.807) is 12.1 Å². The van der Waals surface area contributed by atoms with Crippen LogP contribution in [0.5, 0.6) is 11.5 Å². The highest BCUT2D eigenvalue weighted by atomic mass is 19.4. The van der Waals surface area contributed by atoms with E-state index >= 15 is 0 Å². The van der Waals surface area contributed by atoms with Gasteiger partial charge in [0.1, 0.15) is 23.6 Å². The summed E-state index contributed by atoms with van der Waals surface area (Å²) in [6.07, 6.45) is -2.67. The van der Waals surface area contributed by atoms with E-state index in [9.17, 15) is 18.0 Å². The number of nitrogens with one attached hydrogen (secondary N) is 1. The summed E-state index contributed by atoms with van der Waals surface area (Å²) in [7, 11) is 2.66. The molecule has 1 amide bonds. The van der Waals surface area contributed by atoms with Gasteiger partial charge in [-0.15, -0.1) is 0 Å². The Bertz CT molecular complexity index is 639. The Morgan fingerprint density at radius 2 is 1.71 bits per heavy atom. The van der Waals surface area contributed by atoms with Crippen LogP contribution in [-0.4, -0.2) is 32.8 Å². The van der Waals surface area contributed by atoms with E-state index in [-0.39, 0.29) is 17.1 Å². The van der Waals surface area contributed by atoms with Crippen molar-refractivity contribution in [2.45, 2.75) is 20.0 Å². The molecule has 1 aromatic carbocycles. The first-order chi connectivity index (χ1) is 11.1. The molecule has 0 saturated carbocycles. The number of amides is 1. The van der Waals surface area contributed by atoms with E-state index in [0.29, 0.717) is 5.56 Å². The van der Waals surface area contributed by atoms with Crippen LogP contribution >= 0.6 is 0 Å². The van der Waals surface area contributed by atoms with Gasteiger partial charge in [0.15, 0.2) is 0 Å². The lowest BCUT2D eigenvalue weighted by Gasteiger charge is -2.16. The Morgan fingerprint density at radius 3 is 2.08 bits per heavy atom. The number of hydrogen-bond donors (Lipinski definition) is 1. The molecule has 1 rings (SSSR count). The van der Waals surface area contributed by atoms with Crippen molar-refractivity contribution >= 4 is 11.5 Å². The van der Waals surface area contributed by atoms with Gasteiger partial charge in [-0.2, -0.15) is 13.2 Å². The Balaban J connectivity index is 3.31. The molecule has 0 aliphatic heterocycles. The molecule has 1 N–H and O–H groups in total. The molecule has 0 bridgehead atoms. The number of hydrogen-bond acceptors (Lipinski definition) is 3. The summed E-state index contributed by atoms with van der Waals surface area (Å²) >= 11 is 0. The SMILES string of the molecule is C=C(C)/C=C(\C)c1cc(OC)c(C(=O)NCC(F)(F)F)c(OC)c1. The molecular weight excluding hydrogens is 323 g/mol. The van der Waals surface area contributed by atoms with Crippen molar-refractivity contribution in [2.75, 3.05) is 20.8 Å². The summed E-state index contributed by atoms with van der Waals surface area (Å²) in [5.74, 6) is -0.675. The molecule has 0 aliphatic carbocycles. The predicted molar refractivity (Wildman–Crippen MR) is 86.4 cm³/mol. The number of halogens is 3. The van der Waals surface area contributed by atoms with Crippen LogP contribution in [0.25, 0.3) is 5.57 Å². The second-order valence-corrected chi connectivity index (χ2v) is 5.23. The largest absolute Gasteiger partial charge is 0.496 e. The van der Waals surface area contributed by atoms with Crippen molar-refractivity contribution in [3.8, 4) is 11.5 Å². The van der Waals surface area contributed by atoms with Crippen molar-refractivity contribution in [1.82, 2.24) is 5.32 Å². The minimum absolute atomic E-state index is 0.0869. The lowest BCUT2D eigenvalue weighted by Crippen LogP contribution is -2.34. The van der Waals surface area contributed by atoms with E-state index in [1.807, 2.05) is 25.2 Å².